The number of carbonyl (C=O) groups excluding carboxylic acids is 1. The van der Waals surface area contributed by atoms with Crippen molar-refractivity contribution in [3.63, 3.8) is 0 Å². The Morgan fingerprint density at radius 1 is 1.20 bits per heavy atom. The molecule has 20 heavy (non-hydrogen) atoms. The van der Waals surface area contributed by atoms with Gasteiger partial charge in [0.05, 0.1) is 10.6 Å². The smallest absolute Gasteiger partial charge is 0.251 e. The van der Waals surface area contributed by atoms with Crippen molar-refractivity contribution >= 4 is 25.8 Å². The number of rotatable bonds is 5. The summed E-state index contributed by atoms with van der Waals surface area (Å²) in [5.74, 6) is -0.741. The van der Waals surface area contributed by atoms with E-state index < -0.39 is 25.8 Å². The van der Waals surface area contributed by atoms with Gasteiger partial charge in [0.25, 0.3) is 5.91 Å². The van der Waals surface area contributed by atoms with Gasteiger partial charge in [0, 0.05) is 18.4 Å². The largest absolute Gasteiger partial charge is 0.351 e. The molecule has 0 aliphatic carbocycles. The quantitative estimate of drug-likeness (QED) is 0.751. The summed E-state index contributed by atoms with van der Waals surface area (Å²) < 4.78 is 44.4. The van der Waals surface area contributed by atoms with Crippen molar-refractivity contribution in [1.82, 2.24) is 5.32 Å². The monoisotopic (exact) mass is 320 g/mol. The fourth-order valence-electron chi connectivity index (χ4n) is 1.50. The van der Waals surface area contributed by atoms with Gasteiger partial charge in [-0.05, 0) is 30.7 Å². The first-order valence-electron chi connectivity index (χ1n) is 5.59. The SMILES string of the molecule is Cc1cc(C(=O)NCCS(C)(=O)=O)cc(S(N)(=O)=O)c1. The highest BCUT2D eigenvalue weighted by Gasteiger charge is 2.14. The van der Waals surface area contributed by atoms with Gasteiger partial charge in [-0.3, -0.25) is 4.79 Å². The van der Waals surface area contributed by atoms with E-state index in [4.69, 9.17) is 5.14 Å². The van der Waals surface area contributed by atoms with Crippen molar-refractivity contribution in [2.75, 3.05) is 18.6 Å². The summed E-state index contributed by atoms with van der Waals surface area (Å²) in [5.41, 5.74) is 0.673. The van der Waals surface area contributed by atoms with E-state index in [9.17, 15) is 21.6 Å². The van der Waals surface area contributed by atoms with Crippen molar-refractivity contribution < 1.29 is 21.6 Å². The third-order valence-corrected chi connectivity index (χ3v) is 4.24. The van der Waals surface area contributed by atoms with E-state index in [-0.39, 0.29) is 22.8 Å². The average molecular weight is 320 g/mol. The molecule has 7 nitrogen and oxygen atoms in total. The van der Waals surface area contributed by atoms with Crippen molar-refractivity contribution in [3.8, 4) is 0 Å². The van der Waals surface area contributed by atoms with Crippen LogP contribution in [0.3, 0.4) is 0 Å². The lowest BCUT2D eigenvalue weighted by Crippen LogP contribution is -2.29. The predicted octanol–water partition coefficient (Wildman–Crippen LogP) is -0.583. The molecule has 1 aromatic carbocycles. The highest BCUT2D eigenvalue weighted by atomic mass is 32.2. The molecule has 0 aliphatic heterocycles. The second kappa shape index (κ2) is 5.90. The standard InChI is InChI=1S/C11H16N2O5S2/c1-8-5-9(7-10(6-8)20(12,17)18)11(14)13-3-4-19(2,15)16/h5-7H,3-4H2,1-2H3,(H,13,14)(H2,12,17,18). The Morgan fingerprint density at radius 2 is 1.80 bits per heavy atom. The summed E-state index contributed by atoms with van der Waals surface area (Å²) in [6.07, 6.45) is 1.06. The first-order chi connectivity index (χ1) is 8.99. The summed E-state index contributed by atoms with van der Waals surface area (Å²) in [5, 5.41) is 7.42. The highest BCUT2D eigenvalue weighted by molar-refractivity contribution is 7.90. The number of aryl methyl sites for hydroxylation is 1. The molecule has 0 bridgehead atoms. The minimum absolute atomic E-state index is 0.0453. The molecule has 0 heterocycles. The number of hydrogen-bond acceptors (Lipinski definition) is 5. The van der Waals surface area contributed by atoms with Crippen LogP contribution in [-0.2, 0) is 19.9 Å². The molecule has 112 valence electrons. The van der Waals surface area contributed by atoms with Gasteiger partial charge < -0.3 is 5.32 Å². The minimum Gasteiger partial charge on any atom is -0.351 e. The zero-order valence-corrected chi connectivity index (χ0v) is 12.7. The van der Waals surface area contributed by atoms with Gasteiger partial charge in [0.15, 0.2) is 0 Å². The number of nitrogens with one attached hydrogen (secondary N) is 1. The number of carbonyl (C=O) groups is 1. The third-order valence-electron chi connectivity index (χ3n) is 2.40. The van der Waals surface area contributed by atoms with E-state index >= 15 is 0 Å². The molecule has 0 atom stereocenters. The number of amides is 1. The molecule has 1 aromatic rings. The summed E-state index contributed by atoms with van der Waals surface area (Å²) in [7, 11) is -7.07. The number of primary sulfonamides is 1. The molecule has 3 N–H and O–H groups in total. The molecule has 9 heteroatoms. The molecule has 0 unspecified atom stereocenters. The summed E-state index contributed by atoms with van der Waals surface area (Å²) in [6.45, 7) is 1.58. The van der Waals surface area contributed by atoms with Crippen LogP contribution in [0.1, 0.15) is 15.9 Å². The van der Waals surface area contributed by atoms with E-state index in [0.717, 1.165) is 12.3 Å². The van der Waals surface area contributed by atoms with Gasteiger partial charge in [0.2, 0.25) is 10.0 Å². The maximum atomic E-state index is 11.8. The molecular formula is C11H16N2O5S2. The Hall–Kier alpha value is -1.45. The molecule has 0 saturated carbocycles. The molecule has 1 amide bonds. The van der Waals surface area contributed by atoms with Crippen LogP contribution in [0.15, 0.2) is 23.1 Å². The van der Waals surface area contributed by atoms with Crippen LogP contribution >= 0.6 is 0 Å². The van der Waals surface area contributed by atoms with Crippen molar-refractivity contribution in [1.29, 1.82) is 0 Å². The molecule has 0 saturated heterocycles. The van der Waals surface area contributed by atoms with Crippen molar-refractivity contribution in [3.05, 3.63) is 29.3 Å². The van der Waals surface area contributed by atoms with E-state index in [1.807, 2.05) is 0 Å². The van der Waals surface area contributed by atoms with Crippen LogP contribution in [0.5, 0.6) is 0 Å². The fraction of sp³-hybridized carbons (Fsp3) is 0.364. The normalized spacial score (nSPS) is 12.2. The zero-order chi connectivity index (χ0) is 15.6. The Kier molecular flexibility index (Phi) is 4.90. The molecule has 1 rings (SSSR count). The lowest BCUT2D eigenvalue weighted by atomic mass is 10.1. The number of sulfone groups is 1. The lowest BCUT2D eigenvalue weighted by molar-refractivity contribution is 0.0956. The van der Waals surface area contributed by atoms with E-state index in [0.29, 0.717) is 5.56 Å². The van der Waals surface area contributed by atoms with Crippen LogP contribution in [-0.4, -0.2) is 41.3 Å². The second-order valence-electron chi connectivity index (χ2n) is 4.47. The topological polar surface area (TPSA) is 123 Å². The maximum Gasteiger partial charge on any atom is 0.251 e. The van der Waals surface area contributed by atoms with Crippen LogP contribution in [0, 0.1) is 6.92 Å². The minimum atomic E-state index is -3.90. The number of sulfonamides is 1. The molecule has 0 spiro atoms. The van der Waals surface area contributed by atoms with Gasteiger partial charge in [-0.2, -0.15) is 0 Å². The van der Waals surface area contributed by atoms with Crippen LogP contribution in [0.2, 0.25) is 0 Å². The van der Waals surface area contributed by atoms with E-state index in [2.05, 4.69) is 5.32 Å². The molecule has 0 fully saturated rings. The van der Waals surface area contributed by atoms with Gasteiger partial charge in [-0.25, -0.2) is 22.0 Å². The summed E-state index contributed by atoms with van der Waals surface area (Å²) >= 11 is 0. The number of hydrogen-bond donors (Lipinski definition) is 2. The Bertz CT molecular complexity index is 723. The average Bonchev–Trinajstić information content (AvgIpc) is 2.25. The van der Waals surface area contributed by atoms with Crippen molar-refractivity contribution in [2.24, 2.45) is 5.14 Å². The maximum absolute atomic E-state index is 11.8. The van der Waals surface area contributed by atoms with Crippen molar-refractivity contribution in [2.45, 2.75) is 11.8 Å². The molecule has 0 radical (unpaired) electrons. The van der Waals surface area contributed by atoms with E-state index in [1.54, 1.807) is 6.92 Å². The van der Waals surface area contributed by atoms with Gasteiger partial charge in [-0.1, -0.05) is 0 Å². The van der Waals surface area contributed by atoms with Crippen LogP contribution < -0.4 is 10.5 Å². The third kappa shape index (κ3) is 5.27. The van der Waals surface area contributed by atoms with Crippen LogP contribution in [0.25, 0.3) is 0 Å². The lowest BCUT2D eigenvalue weighted by Gasteiger charge is -2.07. The van der Waals surface area contributed by atoms with Gasteiger partial charge in [-0.15, -0.1) is 0 Å². The van der Waals surface area contributed by atoms with Gasteiger partial charge in [0.1, 0.15) is 9.84 Å². The second-order valence-corrected chi connectivity index (χ2v) is 8.29. The summed E-state index contributed by atoms with van der Waals surface area (Å²) in [6, 6.07) is 3.99. The fourth-order valence-corrected chi connectivity index (χ4v) is 2.61. The molecular weight excluding hydrogens is 304 g/mol. The number of nitrogens with two attached hydrogens (primary N) is 1. The zero-order valence-electron chi connectivity index (χ0n) is 11.1. The summed E-state index contributed by atoms with van der Waals surface area (Å²) in [4.78, 5) is 11.7. The van der Waals surface area contributed by atoms with Gasteiger partial charge >= 0.3 is 0 Å². The van der Waals surface area contributed by atoms with E-state index in [1.165, 1.54) is 12.1 Å². The Labute approximate surface area is 118 Å². The first-order valence-corrected chi connectivity index (χ1v) is 9.20. The van der Waals surface area contributed by atoms with Crippen LogP contribution in [0.4, 0.5) is 0 Å². The first kappa shape index (κ1) is 16.6. The highest BCUT2D eigenvalue weighted by Crippen LogP contribution is 2.13. The predicted molar refractivity (Wildman–Crippen MR) is 74.6 cm³/mol. The molecule has 0 aliphatic rings. The molecule has 0 aromatic heterocycles. The Morgan fingerprint density at radius 3 is 2.30 bits per heavy atom. The Balaban J connectivity index is 2.92. The number of benzene rings is 1.